The van der Waals surface area contributed by atoms with Crippen LogP contribution in [0.5, 0.6) is 0 Å². The van der Waals surface area contributed by atoms with Crippen LogP contribution >= 0.6 is 15.9 Å². The molecule has 1 fully saturated rings. The lowest BCUT2D eigenvalue weighted by Gasteiger charge is -2.41. The van der Waals surface area contributed by atoms with Crippen LogP contribution in [0, 0.1) is 12.3 Å². The molecule has 0 bridgehead atoms. The summed E-state index contributed by atoms with van der Waals surface area (Å²) in [6.07, 6.45) is 5.36. The molecule has 1 atom stereocenters. The smallest absolute Gasteiger partial charge is 0.339 e. The fourth-order valence-corrected chi connectivity index (χ4v) is 4.71. The maximum Gasteiger partial charge on any atom is 0.339 e. The van der Waals surface area contributed by atoms with Crippen molar-refractivity contribution in [2.24, 2.45) is 5.41 Å². The van der Waals surface area contributed by atoms with Gasteiger partial charge in [-0.15, -0.1) is 6.58 Å². The molecule has 8 heteroatoms. The molecule has 1 saturated heterocycles. The molecule has 32 heavy (non-hydrogen) atoms. The lowest BCUT2D eigenvalue weighted by molar-refractivity contribution is -0.164. The fraction of sp³-hybridized carbons (Fsp3) is 0.625. The molecule has 0 aromatic carbocycles. The van der Waals surface area contributed by atoms with Gasteiger partial charge in [-0.2, -0.15) is 9.61 Å². The number of anilines is 1. The highest BCUT2D eigenvalue weighted by atomic mass is 79.9. The van der Waals surface area contributed by atoms with Gasteiger partial charge in [0.15, 0.2) is 11.8 Å². The second kappa shape index (κ2) is 9.51. The number of aryl methyl sites for hydroxylation is 1. The Hall–Kier alpha value is -1.93. The Morgan fingerprint density at radius 1 is 1.38 bits per heavy atom. The molecule has 3 rings (SSSR count). The number of aromatic nitrogens is 3. The maximum absolute atomic E-state index is 12.9. The van der Waals surface area contributed by atoms with Gasteiger partial charge in [-0.05, 0) is 74.7 Å². The number of fused-ring (bicyclic) bond motifs is 1. The lowest BCUT2D eigenvalue weighted by Crippen LogP contribution is -2.41. The minimum atomic E-state index is -0.899. The van der Waals surface area contributed by atoms with Gasteiger partial charge in [0, 0.05) is 24.8 Å². The largest absolute Gasteiger partial charge is 0.467 e. The monoisotopic (exact) mass is 506 g/mol. The molecule has 1 aliphatic rings. The predicted octanol–water partition coefficient (Wildman–Crippen LogP) is 5.40. The molecule has 2 aromatic rings. The number of rotatable bonds is 7. The van der Waals surface area contributed by atoms with E-state index in [0.29, 0.717) is 10.2 Å². The van der Waals surface area contributed by atoms with Crippen LogP contribution in [0.2, 0.25) is 0 Å². The van der Waals surface area contributed by atoms with E-state index in [0.717, 1.165) is 55.9 Å². The number of piperidine rings is 1. The fourth-order valence-electron chi connectivity index (χ4n) is 4.34. The van der Waals surface area contributed by atoms with Gasteiger partial charge in [-0.25, -0.2) is 9.78 Å². The molecule has 176 valence electrons. The number of esters is 1. The standard InChI is InChI=1S/C24H35BrN4O3/c1-8-9-10-24(6)11-13-28(14-12-24)21-19(20(22(30)31-7)32-23(3,4)5)16(2)26-18-15-17(25)27-29(18)21/h8,15,20H,1,9-14H2,2-7H3/t20-/m0/s1. The minimum absolute atomic E-state index is 0.278. The first-order valence-corrected chi connectivity index (χ1v) is 11.9. The van der Waals surface area contributed by atoms with E-state index in [1.54, 1.807) is 0 Å². The highest BCUT2D eigenvalue weighted by Gasteiger charge is 2.37. The Balaban J connectivity index is 2.11. The Morgan fingerprint density at radius 2 is 2.03 bits per heavy atom. The highest BCUT2D eigenvalue weighted by Crippen LogP contribution is 2.41. The average molecular weight is 507 g/mol. The number of hydrogen-bond acceptors (Lipinski definition) is 6. The van der Waals surface area contributed by atoms with Crippen LogP contribution in [0.4, 0.5) is 5.82 Å². The van der Waals surface area contributed by atoms with Gasteiger partial charge in [-0.1, -0.05) is 13.0 Å². The third-order valence-corrected chi connectivity index (χ3v) is 6.53. The van der Waals surface area contributed by atoms with Crippen molar-refractivity contribution in [1.82, 2.24) is 14.6 Å². The first-order valence-electron chi connectivity index (χ1n) is 11.2. The van der Waals surface area contributed by atoms with Crippen molar-refractivity contribution < 1.29 is 14.3 Å². The molecule has 0 N–H and O–H groups in total. The Morgan fingerprint density at radius 3 is 2.59 bits per heavy atom. The Kier molecular flexibility index (Phi) is 7.34. The summed E-state index contributed by atoms with van der Waals surface area (Å²) >= 11 is 3.48. The summed E-state index contributed by atoms with van der Waals surface area (Å²) in [7, 11) is 1.39. The van der Waals surface area contributed by atoms with Crippen LogP contribution in [0.1, 0.15) is 70.7 Å². The predicted molar refractivity (Wildman–Crippen MR) is 130 cm³/mol. The van der Waals surface area contributed by atoms with Gasteiger partial charge in [0.05, 0.1) is 18.3 Å². The molecule has 0 spiro atoms. The second-order valence-electron chi connectivity index (χ2n) is 9.93. The van der Waals surface area contributed by atoms with Crippen molar-refractivity contribution in [3.63, 3.8) is 0 Å². The van der Waals surface area contributed by atoms with E-state index in [-0.39, 0.29) is 5.41 Å². The zero-order chi connectivity index (χ0) is 23.7. The van der Waals surface area contributed by atoms with Crippen LogP contribution in [0.25, 0.3) is 5.65 Å². The summed E-state index contributed by atoms with van der Waals surface area (Å²) in [6.45, 7) is 15.7. The molecule has 0 amide bonds. The number of carbonyl (C=O) groups is 1. The maximum atomic E-state index is 12.9. The zero-order valence-corrected chi connectivity index (χ0v) is 21.7. The van der Waals surface area contributed by atoms with Crippen molar-refractivity contribution in [3.05, 3.63) is 34.6 Å². The number of methoxy groups -OCH3 is 1. The van der Waals surface area contributed by atoms with E-state index in [2.05, 4.69) is 39.4 Å². The average Bonchev–Trinajstić information content (AvgIpc) is 3.09. The second-order valence-corrected chi connectivity index (χ2v) is 10.7. The zero-order valence-electron chi connectivity index (χ0n) is 20.1. The van der Waals surface area contributed by atoms with Crippen LogP contribution in [0.15, 0.2) is 23.3 Å². The van der Waals surface area contributed by atoms with E-state index in [9.17, 15) is 4.79 Å². The molecule has 0 unspecified atom stereocenters. The molecule has 7 nitrogen and oxygen atoms in total. The third kappa shape index (κ3) is 5.34. The first-order chi connectivity index (χ1) is 15.0. The summed E-state index contributed by atoms with van der Waals surface area (Å²) in [4.78, 5) is 19.9. The lowest BCUT2D eigenvalue weighted by atomic mass is 9.76. The van der Waals surface area contributed by atoms with E-state index in [4.69, 9.17) is 14.5 Å². The molecular formula is C24H35BrN4O3. The number of halogens is 1. The molecule has 0 saturated carbocycles. The summed E-state index contributed by atoms with van der Waals surface area (Å²) in [5.74, 6) is 0.410. The molecule has 1 aliphatic heterocycles. The summed E-state index contributed by atoms with van der Waals surface area (Å²) < 4.78 is 13.9. The van der Waals surface area contributed by atoms with Crippen LogP contribution in [-0.4, -0.2) is 46.4 Å². The van der Waals surface area contributed by atoms with E-state index < -0.39 is 17.7 Å². The summed E-state index contributed by atoms with van der Waals surface area (Å²) in [5, 5.41) is 4.65. The summed E-state index contributed by atoms with van der Waals surface area (Å²) in [5.41, 5.74) is 1.91. The number of ether oxygens (including phenoxy) is 2. The van der Waals surface area contributed by atoms with Crippen molar-refractivity contribution in [2.45, 2.75) is 72.0 Å². The van der Waals surface area contributed by atoms with Gasteiger partial charge in [0.2, 0.25) is 0 Å². The van der Waals surface area contributed by atoms with Crippen molar-refractivity contribution >= 4 is 33.4 Å². The van der Waals surface area contributed by atoms with Gasteiger partial charge < -0.3 is 14.4 Å². The van der Waals surface area contributed by atoms with Crippen LogP contribution in [-0.2, 0) is 14.3 Å². The SMILES string of the molecule is C=CCCC1(C)CCN(c2c([C@H](OC(C)(C)C)C(=O)OC)c(C)nc3cc(Br)nn23)CC1. The molecule has 0 radical (unpaired) electrons. The van der Waals surface area contributed by atoms with Crippen molar-refractivity contribution in [1.29, 1.82) is 0 Å². The number of allylic oxidation sites excluding steroid dienone is 1. The molecule has 3 heterocycles. The molecule has 0 aliphatic carbocycles. The third-order valence-electron chi connectivity index (χ3n) is 6.15. The normalized spacial score (nSPS) is 17.4. The minimum Gasteiger partial charge on any atom is -0.467 e. The number of carbonyl (C=O) groups excluding carboxylic acids is 1. The van der Waals surface area contributed by atoms with E-state index >= 15 is 0 Å². The van der Waals surface area contributed by atoms with Gasteiger partial charge >= 0.3 is 5.97 Å². The quantitative estimate of drug-likeness (QED) is 0.369. The molecule has 2 aromatic heterocycles. The van der Waals surface area contributed by atoms with Crippen LogP contribution in [0.3, 0.4) is 0 Å². The first kappa shape index (κ1) is 24.7. The number of hydrogen-bond donors (Lipinski definition) is 0. The van der Waals surface area contributed by atoms with Crippen LogP contribution < -0.4 is 4.90 Å². The highest BCUT2D eigenvalue weighted by molar-refractivity contribution is 9.10. The van der Waals surface area contributed by atoms with Crippen molar-refractivity contribution in [3.8, 4) is 0 Å². The topological polar surface area (TPSA) is 69.0 Å². The Labute approximate surface area is 199 Å². The van der Waals surface area contributed by atoms with Gasteiger partial charge in [0.25, 0.3) is 0 Å². The van der Waals surface area contributed by atoms with Crippen molar-refractivity contribution in [2.75, 3.05) is 25.1 Å². The van der Waals surface area contributed by atoms with E-state index in [1.807, 2.05) is 44.4 Å². The van der Waals surface area contributed by atoms with Gasteiger partial charge in [-0.3, -0.25) is 0 Å². The van der Waals surface area contributed by atoms with Gasteiger partial charge in [0.1, 0.15) is 10.4 Å². The summed E-state index contributed by atoms with van der Waals surface area (Å²) in [6, 6.07) is 1.89. The van der Waals surface area contributed by atoms with E-state index in [1.165, 1.54) is 7.11 Å². The molecular weight excluding hydrogens is 472 g/mol. The number of nitrogens with zero attached hydrogens (tertiary/aromatic N) is 4. The Bertz CT molecular complexity index is 987.